The fourth-order valence-electron chi connectivity index (χ4n) is 3.70. The number of methoxy groups -OCH3 is 1. The first-order chi connectivity index (χ1) is 14.5. The number of aryl methyl sites for hydroxylation is 2. The number of hydrogen-bond acceptors (Lipinski definition) is 6. The van der Waals surface area contributed by atoms with Gasteiger partial charge in [-0.25, -0.2) is 13.2 Å². The number of aromatic carboxylic acids is 1. The maximum Gasteiger partial charge on any atom is 0.337 e. The van der Waals surface area contributed by atoms with Gasteiger partial charge in [-0.1, -0.05) is 6.07 Å². The summed E-state index contributed by atoms with van der Waals surface area (Å²) < 4.78 is 33.2. The molecule has 0 saturated heterocycles. The zero-order chi connectivity index (χ0) is 23.1. The number of likely N-dealkylation sites (N-methyl/N-ethyl adjacent to an activating group) is 1. The fourth-order valence-corrected chi connectivity index (χ4v) is 5.64. The molecule has 4 N–H and O–H groups in total. The van der Waals surface area contributed by atoms with E-state index in [9.17, 15) is 23.1 Å². The molecule has 0 aromatic heterocycles. The molecule has 2 aromatic carbocycles. The van der Waals surface area contributed by atoms with Crippen LogP contribution in [0.25, 0.3) is 0 Å². The van der Waals surface area contributed by atoms with Crippen molar-refractivity contribution in [2.75, 3.05) is 25.2 Å². The lowest BCUT2D eigenvalue weighted by molar-refractivity contribution is -0.120. The van der Waals surface area contributed by atoms with E-state index in [0.717, 1.165) is 4.31 Å². The number of carbonyl (C=O) groups is 2. The summed E-state index contributed by atoms with van der Waals surface area (Å²) >= 11 is 0. The number of sulfonamides is 1. The lowest BCUT2D eigenvalue weighted by Gasteiger charge is -2.28. The average molecular weight is 448 g/mol. The number of rotatable bonds is 7. The molecule has 0 spiro atoms. The zero-order valence-electron chi connectivity index (χ0n) is 17.7. The Labute approximate surface area is 180 Å². The van der Waals surface area contributed by atoms with Crippen molar-refractivity contribution in [3.8, 4) is 5.75 Å². The van der Waals surface area contributed by atoms with E-state index in [1.54, 1.807) is 26.0 Å². The van der Waals surface area contributed by atoms with E-state index in [1.807, 2.05) is 0 Å². The lowest BCUT2D eigenvalue weighted by atomic mass is 10.1. The molecule has 0 radical (unpaired) electrons. The number of carboxylic acid groups (broad SMARTS) is 1. The second-order valence-electron chi connectivity index (χ2n) is 7.62. The minimum atomic E-state index is -4.00. The first-order valence-electron chi connectivity index (χ1n) is 9.53. The van der Waals surface area contributed by atoms with Gasteiger partial charge >= 0.3 is 5.97 Å². The summed E-state index contributed by atoms with van der Waals surface area (Å²) in [5, 5.41) is 11.8. The van der Waals surface area contributed by atoms with Crippen LogP contribution in [0.15, 0.2) is 35.2 Å². The maximum absolute atomic E-state index is 13.4. The van der Waals surface area contributed by atoms with Crippen LogP contribution in [-0.2, 0) is 14.8 Å². The molecule has 0 heterocycles. The van der Waals surface area contributed by atoms with Crippen molar-refractivity contribution in [2.45, 2.75) is 37.1 Å². The maximum atomic E-state index is 13.4. The smallest absolute Gasteiger partial charge is 0.337 e. The second kappa shape index (κ2) is 7.86. The molecule has 9 nitrogen and oxygen atoms in total. The SMILES string of the molecule is COc1cc(C)c(S(=O)(=O)N(C)C2(C(=O)Nc3cccc(C(=O)O)c3N)CC2)c(C)c1. The summed E-state index contributed by atoms with van der Waals surface area (Å²) in [6.07, 6.45) is 0.669. The van der Waals surface area contributed by atoms with Gasteiger partial charge < -0.3 is 20.9 Å². The molecule has 166 valence electrons. The highest BCUT2D eigenvalue weighted by Crippen LogP contribution is 2.45. The van der Waals surface area contributed by atoms with Crippen LogP contribution < -0.4 is 15.8 Å². The first kappa shape index (κ1) is 22.6. The second-order valence-corrected chi connectivity index (χ2v) is 9.53. The van der Waals surface area contributed by atoms with Gasteiger partial charge in [0.1, 0.15) is 11.3 Å². The van der Waals surface area contributed by atoms with Gasteiger partial charge in [0, 0.05) is 7.05 Å². The Kier molecular flexibility index (Phi) is 5.72. The van der Waals surface area contributed by atoms with Crippen LogP contribution in [0.2, 0.25) is 0 Å². The quantitative estimate of drug-likeness (QED) is 0.554. The van der Waals surface area contributed by atoms with Gasteiger partial charge in [0.05, 0.1) is 28.9 Å². The first-order valence-corrected chi connectivity index (χ1v) is 11.0. The molecule has 0 bridgehead atoms. The number of benzene rings is 2. The van der Waals surface area contributed by atoms with Gasteiger partial charge in [0.25, 0.3) is 0 Å². The molecule has 0 atom stereocenters. The van der Waals surface area contributed by atoms with Gasteiger partial charge in [0.2, 0.25) is 15.9 Å². The Hall–Kier alpha value is -3.11. The number of carboxylic acids is 1. The van der Waals surface area contributed by atoms with E-state index >= 15 is 0 Å². The van der Waals surface area contributed by atoms with Crippen molar-refractivity contribution in [1.29, 1.82) is 0 Å². The third-order valence-electron chi connectivity index (χ3n) is 5.62. The van der Waals surface area contributed by atoms with E-state index in [1.165, 1.54) is 32.4 Å². The Bertz CT molecular complexity index is 1150. The van der Waals surface area contributed by atoms with E-state index in [4.69, 9.17) is 10.5 Å². The standard InChI is InChI=1S/C21H25N3O6S/c1-12-10-14(30-4)11-13(2)18(12)31(28,29)24(3)21(8-9-21)20(27)23-16-7-5-6-15(17(16)22)19(25)26/h5-7,10-11H,8-9,22H2,1-4H3,(H,23,27)(H,25,26). The van der Waals surface area contributed by atoms with E-state index in [0.29, 0.717) is 29.7 Å². The summed E-state index contributed by atoms with van der Waals surface area (Å²) in [5.41, 5.74) is 5.51. The van der Waals surface area contributed by atoms with E-state index < -0.39 is 27.4 Å². The summed E-state index contributed by atoms with van der Waals surface area (Å²) in [4.78, 5) is 24.5. The summed E-state index contributed by atoms with van der Waals surface area (Å²) in [5.74, 6) is -1.24. The number of nitrogen functional groups attached to an aromatic ring is 1. The molecule has 31 heavy (non-hydrogen) atoms. The number of nitrogens with two attached hydrogens (primary N) is 1. The topological polar surface area (TPSA) is 139 Å². The number of nitrogens with one attached hydrogen (secondary N) is 1. The molecule has 3 rings (SSSR count). The molecular weight excluding hydrogens is 422 g/mol. The van der Waals surface area contributed by atoms with Gasteiger partial charge in [-0.05, 0) is 62.1 Å². The highest BCUT2D eigenvalue weighted by atomic mass is 32.2. The highest BCUT2D eigenvalue weighted by Gasteiger charge is 2.57. The highest BCUT2D eigenvalue weighted by molar-refractivity contribution is 7.89. The van der Waals surface area contributed by atoms with Crippen LogP contribution in [-0.4, -0.2) is 49.4 Å². The van der Waals surface area contributed by atoms with E-state index in [2.05, 4.69) is 5.32 Å². The largest absolute Gasteiger partial charge is 0.497 e. The van der Waals surface area contributed by atoms with Gasteiger partial charge in [-0.15, -0.1) is 0 Å². The third-order valence-corrected chi connectivity index (χ3v) is 7.85. The van der Waals surface area contributed by atoms with Gasteiger partial charge in [-0.3, -0.25) is 4.79 Å². The van der Waals surface area contributed by atoms with Crippen molar-refractivity contribution in [1.82, 2.24) is 4.31 Å². The van der Waals surface area contributed by atoms with Crippen molar-refractivity contribution < 1.29 is 27.9 Å². The Morgan fingerprint density at radius 1 is 1.19 bits per heavy atom. The van der Waals surface area contributed by atoms with Crippen LogP contribution >= 0.6 is 0 Å². The number of carbonyl (C=O) groups excluding carboxylic acids is 1. The Morgan fingerprint density at radius 3 is 2.26 bits per heavy atom. The van der Waals surface area contributed by atoms with Crippen molar-refractivity contribution >= 4 is 33.3 Å². The molecule has 1 fully saturated rings. The number of para-hydroxylation sites is 1. The lowest BCUT2D eigenvalue weighted by Crippen LogP contribution is -2.47. The Morgan fingerprint density at radius 2 is 1.77 bits per heavy atom. The molecule has 1 aliphatic rings. The monoisotopic (exact) mass is 447 g/mol. The van der Waals surface area contributed by atoms with Crippen LogP contribution in [0, 0.1) is 13.8 Å². The molecule has 1 saturated carbocycles. The van der Waals surface area contributed by atoms with Crippen LogP contribution in [0.3, 0.4) is 0 Å². The number of ether oxygens (including phenoxy) is 1. The van der Waals surface area contributed by atoms with E-state index in [-0.39, 0.29) is 21.8 Å². The van der Waals surface area contributed by atoms with Crippen molar-refractivity contribution in [3.05, 3.63) is 47.0 Å². The predicted octanol–water partition coefficient (Wildman–Crippen LogP) is 2.38. The number of anilines is 2. The zero-order valence-corrected chi connectivity index (χ0v) is 18.5. The Balaban J connectivity index is 1.94. The molecule has 1 aliphatic carbocycles. The summed E-state index contributed by atoms with van der Waals surface area (Å²) in [6, 6.07) is 7.52. The minimum Gasteiger partial charge on any atom is -0.497 e. The fraction of sp³-hybridized carbons (Fsp3) is 0.333. The third kappa shape index (κ3) is 3.84. The average Bonchev–Trinajstić information content (AvgIpc) is 3.49. The minimum absolute atomic E-state index is 0.0912. The number of nitrogens with zero attached hydrogens (tertiary/aromatic N) is 1. The normalized spacial score (nSPS) is 14.9. The molecule has 10 heteroatoms. The summed E-state index contributed by atoms with van der Waals surface area (Å²) in [6.45, 7) is 3.35. The van der Waals surface area contributed by atoms with Gasteiger partial charge in [0.15, 0.2) is 0 Å². The van der Waals surface area contributed by atoms with Crippen LogP contribution in [0.1, 0.15) is 34.3 Å². The van der Waals surface area contributed by atoms with Crippen molar-refractivity contribution in [2.24, 2.45) is 0 Å². The molecule has 1 amide bonds. The predicted molar refractivity (Wildman–Crippen MR) is 116 cm³/mol. The van der Waals surface area contributed by atoms with Gasteiger partial charge in [-0.2, -0.15) is 4.31 Å². The van der Waals surface area contributed by atoms with Crippen molar-refractivity contribution in [3.63, 3.8) is 0 Å². The van der Waals surface area contributed by atoms with Crippen LogP contribution in [0.5, 0.6) is 5.75 Å². The van der Waals surface area contributed by atoms with Crippen LogP contribution in [0.4, 0.5) is 11.4 Å². The number of hydrogen-bond donors (Lipinski definition) is 3. The summed E-state index contributed by atoms with van der Waals surface area (Å²) in [7, 11) is -1.12. The molecular formula is C21H25N3O6S. The molecule has 2 aromatic rings. The molecule has 0 aliphatic heterocycles. The number of amides is 1. The molecule has 0 unspecified atom stereocenters.